The molecule has 0 spiro atoms. The molecular weight excluding hydrogens is 205 g/mol. The van der Waals surface area contributed by atoms with Crippen LogP contribution in [-0.2, 0) is 6.42 Å². The topological polar surface area (TPSA) is 29.9 Å². The molecule has 2 unspecified atom stereocenters. The Morgan fingerprint density at radius 1 is 1.56 bits per heavy atom. The molecule has 1 aliphatic heterocycles. The summed E-state index contributed by atoms with van der Waals surface area (Å²) >= 11 is 0. The lowest BCUT2D eigenvalue weighted by Gasteiger charge is -2.26. The molecule has 3 nitrogen and oxygen atoms in total. The lowest BCUT2D eigenvalue weighted by Crippen LogP contribution is -2.39. The number of rotatable bonds is 2. The van der Waals surface area contributed by atoms with Crippen LogP contribution >= 0.6 is 0 Å². The van der Waals surface area contributed by atoms with Crippen molar-refractivity contribution in [3.63, 3.8) is 0 Å². The van der Waals surface area contributed by atoms with E-state index in [-0.39, 0.29) is 6.04 Å². The van der Waals surface area contributed by atoms with Gasteiger partial charge in [0.1, 0.15) is 6.17 Å². The van der Waals surface area contributed by atoms with Crippen molar-refractivity contribution in [1.82, 2.24) is 15.1 Å². The van der Waals surface area contributed by atoms with Gasteiger partial charge in [0.2, 0.25) is 0 Å². The van der Waals surface area contributed by atoms with Crippen LogP contribution in [0, 0.1) is 0 Å². The minimum atomic E-state index is -0.812. The number of halogens is 1. The van der Waals surface area contributed by atoms with Crippen LogP contribution in [0.25, 0.3) is 0 Å². The maximum atomic E-state index is 13.5. The van der Waals surface area contributed by atoms with Gasteiger partial charge in [0.15, 0.2) is 0 Å². The number of alkyl halides is 1. The first-order chi connectivity index (χ1) is 7.81. The van der Waals surface area contributed by atoms with E-state index in [0.29, 0.717) is 6.54 Å². The molecule has 92 valence electrons. The molecule has 2 rings (SSSR count). The van der Waals surface area contributed by atoms with E-state index >= 15 is 0 Å². The van der Waals surface area contributed by atoms with E-state index in [9.17, 15) is 4.39 Å². The first-order valence-corrected chi connectivity index (χ1v) is 6.19. The molecule has 2 atom stereocenters. The number of aryl methyl sites for hydroxylation is 1. The molecule has 0 saturated carbocycles. The van der Waals surface area contributed by atoms with E-state index in [1.807, 2.05) is 26.2 Å². The van der Waals surface area contributed by atoms with Gasteiger partial charge < -0.3 is 5.32 Å². The zero-order valence-electron chi connectivity index (χ0n) is 10.4. The predicted molar refractivity (Wildman–Crippen MR) is 64.4 cm³/mol. The van der Waals surface area contributed by atoms with Crippen LogP contribution in [0.3, 0.4) is 0 Å². The van der Waals surface area contributed by atoms with Gasteiger partial charge in [-0.2, -0.15) is 5.10 Å². The molecule has 1 aliphatic rings. The van der Waals surface area contributed by atoms with E-state index in [4.69, 9.17) is 0 Å². The molecule has 0 amide bonds. The smallest absolute Gasteiger partial charge is 0.135 e. The van der Waals surface area contributed by atoms with E-state index in [1.54, 1.807) is 4.68 Å². The highest BCUT2D eigenvalue weighted by Crippen LogP contribution is 2.21. The van der Waals surface area contributed by atoms with E-state index in [1.165, 1.54) is 5.56 Å². The normalized spacial score (nSPS) is 24.8. The third-order valence-electron chi connectivity index (χ3n) is 2.78. The Kier molecular flexibility index (Phi) is 5.46. The zero-order chi connectivity index (χ0) is 12.0. The Morgan fingerprint density at radius 2 is 2.31 bits per heavy atom. The highest BCUT2D eigenvalue weighted by atomic mass is 19.1. The molecule has 1 fully saturated rings. The van der Waals surface area contributed by atoms with Crippen LogP contribution < -0.4 is 5.32 Å². The molecule has 0 radical (unpaired) electrons. The summed E-state index contributed by atoms with van der Waals surface area (Å²) in [4.78, 5) is 0. The van der Waals surface area contributed by atoms with E-state index in [0.717, 1.165) is 19.4 Å². The fourth-order valence-electron chi connectivity index (χ4n) is 1.85. The van der Waals surface area contributed by atoms with Crippen molar-refractivity contribution in [1.29, 1.82) is 0 Å². The molecular formula is C12H22FN3. The fourth-order valence-corrected chi connectivity index (χ4v) is 1.85. The van der Waals surface area contributed by atoms with Crippen LogP contribution in [-0.4, -0.2) is 29.0 Å². The first kappa shape index (κ1) is 13.2. The average molecular weight is 227 g/mol. The van der Waals surface area contributed by atoms with Crippen molar-refractivity contribution in [2.24, 2.45) is 0 Å². The summed E-state index contributed by atoms with van der Waals surface area (Å²) in [5.41, 5.74) is 1.18. The molecule has 0 bridgehead atoms. The van der Waals surface area contributed by atoms with E-state index < -0.39 is 6.17 Å². The summed E-state index contributed by atoms with van der Waals surface area (Å²) < 4.78 is 15.3. The minimum absolute atomic E-state index is 0.0726. The number of nitrogens with one attached hydrogen (secondary N) is 1. The monoisotopic (exact) mass is 227 g/mol. The maximum Gasteiger partial charge on any atom is 0.135 e. The molecule has 16 heavy (non-hydrogen) atoms. The zero-order valence-corrected chi connectivity index (χ0v) is 10.4. The third kappa shape index (κ3) is 3.04. The second-order valence-corrected chi connectivity index (χ2v) is 3.76. The van der Waals surface area contributed by atoms with Crippen molar-refractivity contribution in [3.05, 3.63) is 18.0 Å². The highest BCUT2D eigenvalue weighted by molar-refractivity contribution is 5.04. The van der Waals surface area contributed by atoms with Crippen LogP contribution in [0.4, 0.5) is 4.39 Å². The van der Waals surface area contributed by atoms with E-state index in [2.05, 4.69) is 17.3 Å². The first-order valence-electron chi connectivity index (χ1n) is 6.19. The second-order valence-electron chi connectivity index (χ2n) is 3.76. The van der Waals surface area contributed by atoms with Crippen molar-refractivity contribution < 1.29 is 4.39 Å². The molecule has 2 heterocycles. The summed E-state index contributed by atoms with van der Waals surface area (Å²) in [6.07, 6.45) is 4.76. The van der Waals surface area contributed by atoms with Gasteiger partial charge in [-0.3, -0.25) is 4.68 Å². The Hall–Kier alpha value is -0.900. The molecule has 1 aromatic heterocycles. The Morgan fingerprint density at radius 3 is 2.88 bits per heavy atom. The van der Waals surface area contributed by atoms with Crippen molar-refractivity contribution in [2.45, 2.75) is 45.8 Å². The molecule has 1 N–H and O–H groups in total. The number of hydrogen-bond donors (Lipinski definition) is 1. The molecule has 4 heteroatoms. The van der Waals surface area contributed by atoms with Crippen LogP contribution in [0.15, 0.2) is 12.4 Å². The largest absolute Gasteiger partial charge is 0.314 e. The molecule has 1 aromatic rings. The predicted octanol–water partition coefficient (Wildman–Crippen LogP) is 2.34. The number of piperidine rings is 1. The van der Waals surface area contributed by atoms with Crippen LogP contribution in [0.2, 0.25) is 0 Å². The lowest BCUT2D eigenvalue weighted by atomic mass is 10.1. The molecule has 0 aliphatic carbocycles. The Labute approximate surface area is 97.0 Å². The van der Waals surface area contributed by atoms with Gasteiger partial charge in [-0.1, -0.05) is 20.8 Å². The van der Waals surface area contributed by atoms with Crippen molar-refractivity contribution in [3.8, 4) is 0 Å². The highest BCUT2D eigenvalue weighted by Gasteiger charge is 2.26. The third-order valence-corrected chi connectivity index (χ3v) is 2.78. The van der Waals surface area contributed by atoms with Crippen molar-refractivity contribution >= 4 is 0 Å². The van der Waals surface area contributed by atoms with Crippen LogP contribution in [0.5, 0.6) is 0 Å². The molecule has 1 saturated heterocycles. The maximum absolute atomic E-state index is 13.5. The van der Waals surface area contributed by atoms with Gasteiger partial charge in [-0.05, 0) is 24.9 Å². The summed E-state index contributed by atoms with van der Waals surface area (Å²) in [5, 5.41) is 7.25. The van der Waals surface area contributed by atoms with Gasteiger partial charge in [0, 0.05) is 12.7 Å². The van der Waals surface area contributed by atoms with Gasteiger partial charge in [0.25, 0.3) is 0 Å². The van der Waals surface area contributed by atoms with Gasteiger partial charge >= 0.3 is 0 Å². The number of hydrogen-bond acceptors (Lipinski definition) is 2. The summed E-state index contributed by atoms with van der Waals surface area (Å²) in [6, 6.07) is -0.0726. The van der Waals surface area contributed by atoms with Crippen molar-refractivity contribution in [2.75, 3.05) is 13.1 Å². The summed E-state index contributed by atoms with van der Waals surface area (Å²) in [7, 11) is 0. The molecule has 0 aromatic carbocycles. The minimum Gasteiger partial charge on any atom is -0.314 e. The lowest BCUT2D eigenvalue weighted by molar-refractivity contribution is 0.173. The Balaban J connectivity index is 0.000000606. The SMILES string of the molecule is CC.CCc1cnn(C2CCNCC2F)c1. The van der Waals surface area contributed by atoms with Gasteiger partial charge in [-0.15, -0.1) is 0 Å². The number of aromatic nitrogens is 2. The van der Waals surface area contributed by atoms with Gasteiger partial charge in [0.05, 0.1) is 12.2 Å². The number of nitrogens with zero attached hydrogens (tertiary/aromatic N) is 2. The van der Waals surface area contributed by atoms with Crippen LogP contribution in [0.1, 0.15) is 38.8 Å². The van der Waals surface area contributed by atoms with Gasteiger partial charge in [-0.25, -0.2) is 4.39 Å². The Bertz CT molecular complexity index is 298. The average Bonchev–Trinajstić information content (AvgIpc) is 2.81. The fraction of sp³-hybridized carbons (Fsp3) is 0.750. The summed E-state index contributed by atoms with van der Waals surface area (Å²) in [5.74, 6) is 0. The second kappa shape index (κ2) is 6.63. The quantitative estimate of drug-likeness (QED) is 0.840. The standard InChI is InChI=1S/C10H16FN3.C2H6/c1-2-8-5-13-14(7-8)10-3-4-12-6-9(10)11;1-2/h5,7,9-10,12H,2-4,6H2,1H3;1-2H3. The summed E-state index contributed by atoms with van der Waals surface area (Å²) in [6.45, 7) is 7.41.